The third-order valence-electron chi connectivity index (χ3n) is 13.0. The molecule has 3 nitrogen and oxygen atoms in total. The molecular formula is C69H43N3S. The molecule has 0 aliphatic carbocycles. The Labute approximate surface area is 449 Å². The molecule has 12 aromatic carbocycles. The van der Waals surface area contributed by atoms with Crippen LogP contribution in [0.1, 0.15) is 21.9 Å². The molecule has 2 heterocycles. The predicted molar refractivity (Wildman–Crippen MR) is 309 cm³/mol. The van der Waals surface area contributed by atoms with Gasteiger partial charge in [0.05, 0.1) is 21.9 Å². The molecule has 14 aromatic rings. The molecular weight excluding hydrogens is 903 g/mol. The number of benzene rings is 12. The molecule has 0 atom stereocenters. The fourth-order valence-corrected chi connectivity index (χ4v) is 10.6. The summed E-state index contributed by atoms with van der Waals surface area (Å²) in [4.78, 5) is 15.2. The zero-order valence-corrected chi connectivity index (χ0v) is 39.2. The van der Waals surface area contributed by atoms with Gasteiger partial charge in [0.25, 0.3) is 0 Å². The number of nitrogens with zero attached hydrogens (tertiary/aromatic N) is 3. The number of aromatic nitrogens is 3. The molecule has 0 fully saturated rings. The minimum atomic E-state index is -0.723. The van der Waals surface area contributed by atoms with Crippen LogP contribution in [0.2, 0.25) is 0 Å². The van der Waals surface area contributed by atoms with E-state index >= 15 is 0 Å². The maximum absolute atomic E-state index is 10.1. The van der Waals surface area contributed by atoms with Gasteiger partial charge in [0.1, 0.15) is 0 Å². The van der Waals surface area contributed by atoms with Gasteiger partial charge < -0.3 is 0 Å². The quantitative estimate of drug-likeness (QED) is 0.142. The van der Waals surface area contributed by atoms with E-state index in [2.05, 4.69) is 30.3 Å². The highest BCUT2D eigenvalue weighted by molar-refractivity contribution is 7.26. The summed E-state index contributed by atoms with van der Waals surface area (Å²) in [7, 11) is 0. The van der Waals surface area contributed by atoms with Crippen molar-refractivity contribution in [3.63, 3.8) is 0 Å². The Kier molecular flexibility index (Phi) is 7.10. The van der Waals surface area contributed by atoms with Crippen molar-refractivity contribution in [3.05, 3.63) is 260 Å². The van der Waals surface area contributed by atoms with Crippen molar-refractivity contribution >= 4 is 63.8 Å². The van der Waals surface area contributed by atoms with Crippen molar-refractivity contribution in [3.8, 4) is 89.8 Å². The van der Waals surface area contributed by atoms with Crippen molar-refractivity contribution < 1.29 is 21.9 Å². The van der Waals surface area contributed by atoms with Crippen LogP contribution in [0, 0.1) is 0 Å². The smallest absolute Gasteiger partial charge is 0.164 e. The summed E-state index contributed by atoms with van der Waals surface area (Å²) in [5, 5.41) is -2.02. The number of hydrogen-bond donors (Lipinski definition) is 0. The molecule has 0 amide bonds. The Morgan fingerprint density at radius 1 is 0.274 bits per heavy atom. The van der Waals surface area contributed by atoms with Gasteiger partial charge in [-0.2, -0.15) is 0 Å². The van der Waals surface area contributed by atoms with Crippen LogP contribution in [0.4, 0.5) is 0 Å². The van der Waals surface area contributed by atoms with Crippen molar-refractivity contribution in [2.75, 3.05) is 0 Å². The Bertz CT molecular complexity index is 5270. The molecule has 0 bridgehead atoms. The molecule has 0 radical (unpaired) electrons. The molecule has 0 aliphatic heterocycles. The van der Waals surface area contributed by atoms with Gasteiger partial charge in [-0.15, -0.1) is 11.3 Å². The molecule has 4 heteroatoms. The second-order valence-electron chi connectivity index (χ2n) is 17.4. The van der Waals surface area contributed by atoms with Crippen LogP contribution in [-0.2, 0) is 0 Å². The topological polar surface area (TPSA) is 38.7 Å². The van der Waals surface area contributed by atoms with Crippen molar-refractivity contribution in [2.24, 2.45) is 0 Å². The largest absolute Gasteiger partial charge is 0.208 e. The van der Waals surface area contributed by atoms with E-state index < -0.39 is 84.6 Å². The summed E-state index contributed by atoms with van der Waals surface area (Å²) in [6.07, 6.45) is 0. The molecule has 0 saturated carbocycles. The number of fused-ring (bicyclic) bond motifs is 9. The number of hydrogen-bond acceptors (Lipinski definition) is 4. The SMILES string of the molecule is [2H]c1cc(-c2c([2H])c([2H])c3c4c([2H])c([2H])c([2H])c([2H])c4c4c([2H])c([2H])c([2H])c([2H])c4c3c2[2H])c2c(sc3c([2H])c(-c4nc(-c5ccc(-c6cccc(-c7ccccc7)c6)cc5)nc(-c5cc(-c6ccccc6)cc(-c6ccccc6)c5)n4)c([2H])c([2H])c32)c1[2H]. The van der Waals surface area contributed by atoms with E-state index in [-0.39, 0.29) is 98.7 Å². The van der Waals surface area contributed by atoms with Crippen LogP contribution >= 0.6 is 11.3 Å². The third kappa shape index (κ3) is 7.73. The van der Waals surface area contributed by atoms with Crippen molar-refractivity contribution in [1.29, 1.82) is 0 Å². The van der Waals surface area contributed by atoms with Gasteiger partial charge in [0, 0.05) is 36.9 Å². The molecule has 0 N–H and O–H groups in total. The van der Waals surface area contributed by atoms with E-state index in [1.165, 1.54) is 6.07 Å². The van der Waals surface area contributed by atoms with Gasteiger partial charge in [0.15, 0.2) is 17.5 Å². The average molecular weight is 962 g/mol. The molecule has 14 rings (SSSR count). The summed E-state index contributed by atoms with van der Waals surface area (Å²) >= 11 is 0.884. The van der Waals surface area contributed by atoms with Gasteiger partial charge in [-0.25, -0.2) is 15.0 Å². The number of thiophene rings is 1. The molecule has 73 heavy (non-hydrogen) atoms. The first-order valence-electron chi connectivity index (χ1n) is 31.4. The van der Waals surface area contributed by atoms with E-state index in [4.69, 9.17) is 25.9 Å². The average Bonchev–Trinajstić information content (AvgIpc) is 1.67. The lowest BCUT2D eigenvalue weighted by Crippen LogP contribution is -2.00. The summed E-state index contributed by atoms with van der Waals surface area (Å²) in [5.74, 6) is 0.292. The second-order valence-corrected chi connectivity index (χ2v) is 18.5. The first-order valence-corrected chi connectivity index (χ1v) is 24.3. The first kappa shape index (κ1) is 29.1. The molecule has 340 valence electrons. The van der Waals surface area contributed by atoms with Gasteiger partial charge in [0.2, 0.25) is 0 Å². The van der Waals surface area contributed by atoms with Gasteiger partial charge in [-0.3, -0.25) is 0 Å². The normalized spacial score (nSPS) is 14.6. The molecule has 0 unspecified atom stereocenters. The van der Waals surface area contributed by atoms with Crippen LogP contribution < -0.4 is 0 Å². The lowest BCUT2D eigenvalue weighted by molar-refractivity contribution is 1.07. The standard InChI is InChI=1S/C69H43N3S/c1-4-16-44(17-5-1)49-22-14-23-50(38-49)47-30-32-48(33-31-47)67-70-68(72-69(71-67)55-40-53(45-18-6-2-7-19-45)39-54(41-55)46-20-8-3-9-21-46)52-35-37-62-65(43-52)73-64-29-15-28-56(66(62)64)51-34-36-61-59-26-11-10-24-57(59)58-25-12-13-27-60(58)63(61)42-51/h1-43H/i10D,11D,12D,13D,15D,24D,25D,26D,27D,29D,34D,35D,36D,37D,42D,43D. The van der Waals surface area contributed by atoms with Crippen LogP contribution in [0.3, 0.4) is 0 Å². The van der Waals surface area contributed by atoms with Crippen LogP contribution in [0.5, 0.6) is 0 Å². The highest BCUT2D eigenvalue weighted by Gasteiger charge is 2.19. The Morgan fingerprint density at radius 2 is 0.712 bits per heavy atom. The molecule has 2 aromatic heterocycles. The first-order chi connectivity index (χ1) is 42.8. The van der Waals surface area contributed by atoms with Gasteiger partial charge in [-0.1, -0.05) is 218 Å². The summed E-state index contributed by atoms with van der Waals surface area (Å²) in [6, 6.07) is 43.5. The summed E-state index contributed by atoms with van der Waals surface area (Å²) < 4.78 is 149. The third-order valence-corrected chi connectivity index (χ3v) is 14.1. The summed E-state index contributed by atoms with van der Waals surface area (Å²) in [5.41, 5.74) is 8.15. The Balaban J connectivity index is 1.02. The van der Waals surface area contributed by atoms with Crippen LogP contribution in [0.15, 0.2) is 260 Å². The monoisotopic (exact) mass is 961 g/mol. The Morgan fingerprint density at radius 3 is 1.32 bits per heavy atom. The lowest BCUT2D eigenvalue weighted by Gasteiger charge is -2.13. The van der Waals surface area contributed by atoms with Crippen molar-refractivity contribution in [2.45, 2.75) is 0 Å². The van der Waals surface area contributed by atoms with E-state index in [1.54, 1.807) is 0 Å². The maximum Gasteiger partial charge on any atom is 0.164 e. The van der Waals surface area contributed by atoms with E-state index in [1.807, 2.05) is 127 Å². The predicted octanol–water partition coefficient (Wildman–Crippen LogP) is 19.0. The highest BCUT2D eigenvalue weighted by atomic mass is 32.1. The van der Waals surface area contributed by atoms with E-state index in [0.717, 1.165) is 55.8 Å². The molecule has 0 spiro atoms. The van der Waals surface area contributed by atoms with Gasteiger partial charge in [-0.05, 0) is 130 Å². The van der Waals surface area contributed by atoms with E-state index in [0.29, 0.717) is 11.1 Å². The summed E-state index contributed by atoms with van der Waals surface area (Å²) in [6.45, 7) is 0. The second kappa shape index (κ2) is 17.8. The van der Waals surface area contributed by atoms with Gasteiger partial charge >= 0.3 is 0 Å². The zero-order chi connectivity index (χ0) is 62.2. The van der Waals surface area contributed by atoms with Crippen LogP contribution in [0.25, 0.3) is 142 Å². The van der Waals surface area contributed by atoms with E-state index in [9.17, 15) is 11.0 Å². The Hall–Kier alpha value is -9.35. The fraction of sp³-hybridized carbons (Fsp3) is 0. The molecule has 0 saturated heterocycles. The van der Waals surface area contributed by atoms with Crippen LogP contribution in [-0.4, -0.2) is 15.0 Å². The zero-order valence-electron chi connectivity index (χ0n) is 54.3. The minimum absolute atomic E-state index is 0.0109. The lowest BCUT2D eigenvalue weighted by atomic mass is 9.91. The molecule has 0 aliphatic rings. The maximum atomic E-state index is 10.1. The highest BCUT2D eigenvalue weighted by Crippen LogP contribution is 2.44. The van der Waals surface area contributed by atoms with Crippen molar-refractivity contribution in [1.82, 2.24) is 15.0 Å². The minimum Gasteiger partial charge on any atom is -0.208 e. The fourth-order valence-electron chi connectivity index (χ4n) is 9.52. The number of rotatable bonds is 8.